The second-order valence-corrected chi connectivity index (χ2v) is 4.77. The highest BCUT2D eigenvalue weighted by Gasteiger charge is 2.11. The smallest absolute Gasteiger partial charge is 0.193 e. The number of ketones is 1. The fourth-order valence-electron chi connectivity index (χ4n) is 1.69. The molecule has 0 aliphatic heterocycles. The van der Waals surface area contributed by atoms with Crippen LogP contribution in [0.3, 0.4) is 0 Å². The molecule has 0 unspecified atom stereocenters. The van der Waals surface area contributed by atoms with E-state index >= 15 is 0 Å². The predicted octanol–water partition coefficient (Wildman–Crippen LogP) is 4.52. The molecule has 0 spiro atoms. The Labute approximate surface area is 121 Å². The Morgan fingerprint density at radius 2 is 1.56 bits per heavy atom. The number of rotatable bonds is 4. The van der Waals surface area contributed by atoms with Gasteiger partial charge >= 0.3 is 0 Å². The summed E-state index contributed by atoms with van der Waals surface area (Å²) in [4.78, 5) is 12.2. The standard InChI is InChI=1S/C16H13IO/c1-12(14-5-3-2-4-6-14)16(18)15-9-7-13(11-17)8-10-15/h2-10H,1,11H2. The number of hydrogen-bond donors (Lipinski definition) is 0. The van der Waals surface area contributed by atoms with Crippen LogP contribution in [0.4, 0.5) is 0 Å². The number of carbonyl (C=O) groups excluding carboxylic acids is 1. The molecule has 0 aromatic heterocycles. The van der Waals surface area contributed by atoms with E-state index in [1.165, 1.54) is 5.56 Å². The topological polar surface area (TPSA) is 17.1 Å². The molecule has 2 aromatic rings. The van der Waals surface area contributed by atoms with Gasteiger partial charge in [0, 0.05) is 15.6 Å². The van der Waals surface area contributed by atoms with E-state index in [2.05, 4.69) is 29.2 Å². The van der Waals surface area contributed by atoms with Gasteiger partial charge in [-0.3, -0.25) is 4.79 Å². The van der Waals surface area contributed by atoms with E-state index < -0.39 is 0 Å². The maximum absolute atomic E-state index is 12.2. The predicted molar refractivity (Wildman–Crippen MR) is 84.0 cm³/mol. The van der Waals surface area contributed by atoms with Crippen LogP contribution in [-0.2, 0) is 4.43 Å². The molecule has 0 aliphatic rings. The van der Waals surface area contributed by atoms with E-state index in [4.69, 9.17) is 0 Å². The van der Waals surface area contributed by atoms with Crippen LogP contribution in [0.1, 0.15) is 21.5 Å². The highest BCUT2D eigenvalue weighted by atomic mass is 127. The number of halogens is 1. The van der Waals surface area contributed by atoms with Crippen molar-refractivity contribution in [3.63, 3.8) is 0 Å². The normalized spacial score (nSPS) is 10.1. The second-order valence-electron chi connectivity index (χ2n) is 4.00. The first-order valence-corrected chi connectivity index (χ1v) is 7.19. The first kappa shape index (κ1) is 13.0. The van der Waals surface area contributed by atoms with Crippen LogP contribution in [0.25, 0.3) is 5.57 Å². The minimum atomic E-state index is -0.0128. The van der Waals surface area contributed by atoms with Crippen molar-refractivity contribution in [2.24, 2.45) is 0 Å². The second kappa shape index (κ2) is 5.96. The lowest BCUT2D eigenvalue weighted by atomic mass is 9.98. The van der Waals surface area contributed by atoms with Crippen LogP contribution in [0.15, 0.2) is 61.2 Å². The molecular formula is C16H13IO. The summed E-state index contributed by atoms with van der Waals surface area (Å²) in [6.45, 7) is 3.89. The third kappa shape index (κ3) is 2.88. The monoisotopic (exact) mass is 348 g/mol. The van der Waals surface area contributed by atoms with Crippen molar-refractivity contribution in [2.75, 3.05) is 0 Å². The first-order chi connectivity index (χ1) is 8.72. The molecule has 0 amide bonds. The molecule has 0 atom stereocenters. The molecule has 2 heteroatoms. The van der Waals surface area contributed by atoms with Crippen molar-refractivity contribution in [2.45, 2.75) is 4.43 Å². The Balaban J connectivity index is 2.23. The maximum atomic E-state index is 12.2. The zero-order valence-electron chi connectivity index (χ0n) is 9.90. The van der Waals surface area contributed by atoms with Gasteiger partial charge in [0.1, 0.15) is 0 Å². The summed E-state index contributed by atoms with van der Waals surface area (Å²) in [7, 11) is 0. The van der Waals surface area contributed by atoms with Gasteiger partial charge in [-0.15, -0.1) is 0 Å². The van der Waals surface area contributed by atoms with Crippen molar-refractivity contribution in [1.29, 1.82) is 0 Å². The summed E-state index contributed by atoms with van der Waals surface area (Å²) in [5.74, 6) is -0.0128. The third-order valence-electron chi connectivity index (χ3n) is 2.77. The van der Waals surface area contributed by atoms with Crippen LogP contribution in [-0.4, -0.2) is 5.78 Å². The van der Waals surface area contributed by atoms with Crippen molar-refractivity contribution in [3.8, 4) is 0 Å². The molecule has 0 radical (unpaired) electrons. The van der Waals surface area contributed by atoms with E-state index in [0.29, 0.717) is 11.1 Å². The van der Waals surface area contributed by atoms with E-state index in [0.717, 1.165) is 9.99 Å². The molecule has 0 bridgehead atoms. The van der Waals surface area contributed by atoms with E-state index in [-0.39, 0.29) is 5.78 Å². The van der Waals surface area contributed by atoms with Crippen LogP contribution >= 0.6 is 22.6 Å². The minimum Gasteiger partial charge on any atom is -0.289 e. The average molecular weight is 348 g/mol. The fourth-order valence-corrected chi connectivity index (χ4v) is 2.20. The lowest BCUT2D eigenvalue weighted by Gasteiger charge is -2.05. The van der Waals surface area contributed by atoms with Crippen LogP contribution in [0.5, 0.6) is 0 Å². The summed E-state index contributed by atoms with van der Waals surface area (Å²) in [5, 5.41) is 0. The lowest BCUT2D eigenvalue weighted by molar-refractivity contribution is 0.105. The summed E-state index contributed by atoms with van der Waals surface area (Å²) >= 11 is 2.30. The number of hydrogen-bond acceptors (Lipinski definition) is 1. The Kier molecular flexibility index (Phi) is 4.31. The average Bonchev–Trinajstić information content (AvgIpc) is 2.47. The van der Waals surface area contributed by atoms with Gasteiger partial charge in [0.15, 0.2) is 5.78 Å². The SMILES string of the molecule is C=C(C(=O)c1ccc(CI)cc1)c1ccccc1. The highest BCUT2D eigenvalue weighted by Crippen LogP contribution is 2.18. The molecule has 0 aliphatic carbocycles. The summed E-state index contributed by atoms with van der Waals surface area (Å²) < 4.78 is 0.950. The van der Waals surface area contributed by atoms with Crippen LogP contribution in [0, 0.1) is 0 Å². The molecule has 0 saturated heterocycles. The Morgan fingerprint density at radius 3 is 2.11 bits per heavy atom. The molecule has 1 nitrogen and oxygen atoms in total. The van der Waals surface area contributed by atoms with E-state index in [1.54, 1.807) is 0 Å². The van der Waals surface area contributed by atoms with Gasteiger partial charge in [-0.25, -0.2) is 0 Å². The van der Waals surface area contributed by atoms with Gasteiger partial charge in [-0.05, 0) is 11.1 Å². The van der Waals surface area contributed by atoms with Gasteiger partial charge in [0.05, 0.1) is 0 Å². The molecule has 0 saturated carbocycles. The zero-order valence-corrected chi connectivity index (χ0v) is 12.1. The summed E-state index contributed by atoms with van der Waals surface area (Å²) in [5.41, 5.74) is 3.33. The minimum absolute atomic E-state index is 0.0128. The largest absolute Gasteiger partial charge is 0.289 e. The number of allylic oxidation sites excluding steroid dienone is 1. The molecule has 2 rings (SSSR count). The molecule has 0 N–H and O–H groups in total. The third-order valence-corrected chi connectivity index (χ3v) is 3.65. The Morgan fingerprint density at radius 1 is 0.944 bits per heavy atom. The Bertz CT molecular complexity index is 555. The van der Waals surface area contributed by atoms with Gasteiger partial charge < -0.3 is 0 Å². The van der Waals surface area contributed by atoms with Gasteiger partial charge in [-0.2, -0.15) is 0 Å². The highest BCUT2D eigenvalue weighted by molar-refractivity contribution is 14.1. The first-order valence-electron chi connectivity index (χ1n) is 5.66. The lowest BCUT2D eigenvalue weighted by Crippen LogP contribution is -2.01. The Hall–Kier alpha value is -1.42. The molecule has 90 valence electrons. The quantitative estimate of drug-likeness (QED) is 0.344. The van der Waals surface area contributed by atoms with Crippen molar-refractivity contribution < 1.29 is 4.79 Å². The molecular weight excluding hydrogens is 335 g/mol. The number of carbonyl (C=O) groups is 1. The van der Waals surface area contributed by atoms with E-state index in [9.17, 15) is 4.79 Å². The van der Waals surface area contributed by atoms with Crippen molar-refractivity contribution >= 4 is 33.9 Å². The van der Waals surface area contributed by atoms with Gasteiger partial charge in [-0.1, -0.05) is 83.8 Å². The van der Waals surface area contributed by atoms with Gasteiger partial charge in [0.2, 0.25) is 0 Å². The van der Waals surface area contributed by atoms with Crippen LogP contribution in [0.2, 0.25) is 0 Å². The van der Waals surface area contributed by atoms with Crippen molar-refractivity contribution in [1.82, 2.24) is 0 Å². The molecule has 0 fully saturated rings. The molecule has 18 heavy (non-hydrogen) atoms. The van der Waals surface area contributed by atoms with Crippen LogP contribution < -0.4 is 0 Å². The number of Topliss-reactive ketones (excluding diaryl/α,β-unsaturated/α-hetero) is 1. The summed E-state index contributed by atoms with van der Waals surface area (Å²) in [6, 6.07) is 17.3. The van der Waals surface area contributed by atoms with Gasteiger partial charge in [0.25, 0.3) is 0 Å². The molecule has 2 aromatic carbocycles. The van der Waals surface area contributed by atoms with E-state index in [1.807, 2.05) is 54.6 Å². The van der Waals surface area contributed by atoms with Crippen molar-refractivity contribution in [3.05, 3.63) is 77.9 Å². The molecule has 0 heterocycles. The fraction of sp³-hybridized carbons (Fsp3) is 0.0625. The number of benzene rings is 2. The zero-order chi connectivity index (χ0) is 13.0. The number of alkyl halides is 1. The summed E-state index contributed by atoms with van der Waals surface area (Å²) in [6.07, 6.45) is 0. The maximum Gasteiger partial charge on any atom is 0.193 e.